The molecule has 0 aliphatic rings. The zero-order valence-corrected chi connectivity index (χ0v) is 13.4. The molecule has 2 aromatic carbocycles. The summed E-state index contributed by atoms with van der Waals surface area (Å²) in [6.07, 6.45) is 0. The van der Waals surface area contributed by atoms with Gasteiger partial charge in [0.15, 0.2) is 0 Å². The monoisotopic (exact) mass is 325 g/mol. The van der Waals surface area contributed by atoms with Gasteiger partial charge in [0.25, 0.3) is 0 Å². The van der Waals surface area contributed by atoms with Gasteiger partial charge in [-0.1, -0.05) is 43.1 Å². The Labute approximate surface area is 134 Å². The van der Waals surface area contributed by atoms with Gasteiger partial charge in [-0.25, -0.2) is 4.79 Å². The van der Waals surface area contributed by atoms with Gasteiger partial charge in [-0.3, -0.25) is 0 Å². The van der Waals surface area contributed by atoms with E-state index in [1.165, 1.54) is 0 Å². The van der Waals surface area contributed by atoms with E-state index in [-0.39, 0.29) is 5.56 Å². The molecule has 0 atom stereocenters. The summed E-state index contributed by atoms with van der Waals surface area (Å²) >= 11 is 12.1. The number of hydrogen-bond donors (Lipinski definition) is 2. The molecule has 112 valence electrons. The maximum absolute atomic E-state index is 10.7. The van der Waals surface area contributed by atoms with Crippen molar-refractivity contribution in [2.75, 3.05) is 5.32 Å². The molecule has 0 bridgehead atoms. The standard InChI is InChI=1S/C14H11Cl2NO2.C2H6/c15-12-2-1-3-13(16)11(12)8-17-10-6-4-9(5-7-10)14(18)19;1-2/h1-7,17H,8H2,(H,18,19);1-2H3. The van der Waals surface area contributed by atoms with E-state index < -0.39 is 5.97 Å². The number of benzene rings is 2. The first-order chi connectivity index (χ1) is 10.1. The molecular formula is C16H17Cl2NO2. The highest BCUT2D eigenvalue weighted by Gasteiger charge is 2.05. The van der Waals surface area contributed by atoms with Gasteiger partial charge in [-0.05, 0) is 36.4 Å². The smallest absolute Gasteiger partial charge is 0.335 e. The minimum atomic E-state index is -0.944. The van der Waals surface area contributed by atoms with Crippen molar-refractivity contribution >= 4 is 34.9 Å². The molecule has 5 heteroatoms. The van der Waals surface area contributed by atoms with Crippen molar-refractivity contribution < 1.29 is 9.90 Å². The number of carboxylic acids is 1. The average Bonchev–Trinajstić information content (AvgIpc) is 2.49. The van der Waals surface area contributed by atoms with E-state index in [1.54, 1.807) is 42.5 Å². The van der Waals surface area contributed by atoms with Crippen LogP contribution in [0.2, 0.25) is 10.0 Å². The van der Waals surface area contributed by atoms with E-state index in [0.717, 1.165) is 11.3 Å². The molecule has 0 heterocycles. The fourth-order valence-electron chi connectivity index (χ4n) is 1.62. The molecule has 0 spiro atoms. The van der Waals surface area contributed by atoms with Gasteiger partial charge < -0.3 is 10.4 Å². The summed E-state index contributed by atoms with van der Waals surface area (Å²) in [5.41, 5.74) is 1.87. The summed E-state index contributed by atoms with van der Waals surface area (Å²) in [6.45, 7) is 4.48. The SMILES string of the molecule is CC.O=C(O)c1ccc(NCc2c(Cl)cccc2Cl)cc1. The molecule has 3 nitrogen and oxygen atoms in total. The normalized spacial score (nSPS) is 9.52. The first kappa shape index (κ1) is 17.3. The fraction of sp³-hybridized carbons (Fsp3) is 0.188. The predicted molar refractivity (Wildman–Crippen MR) is 88.5 cm³/mol. The van der Waals surface area contributed by atoms with Crippen LogP contribution in [0.1, 0.15) is 29.8 Å². The molecular weight excluding hydrogens is 309 g/mol. The predicted octanol–water partition coefficient (Wildman–Crippen LogP) is 5.33. The van der Waals surface area contributed by atoms with Crippen LogP contribution < -0.4 is 5.32 Å². The number of anilines is 1. The Bertz CT molecular complexity index is 577. The van der Waals surface area contributed by atoms with Crippen molar-refractivity contribution in [1.29, 1.82) is 0 Å². The molecule has 0 radical (unpaired) electrons. The lowest BCUT2D eigenvalue weighted by Crippen LogP contribution is -2.02. The van der Waals surface area contributed by atoms with Crippen LogP contribution >= 0.6 is 23.2 Å². The molecule has 21 heavy (non-hydrogen) atoms. The van der Waals surface area contributed by atoms with E-state index in [0.29, 0.717) is 16.6 Å². The fourth-order valence-corrected chi connectivity index (χ4v) is 2.15. The lowest BCUT2D eigenvalue weighted by Gasteiger charge is -2.10. The number of carboxylic acid groups (broad SMARTS) is 1. The molecule has 0 fully saturated rings. The minimum absolute atomic E-state index is 0.251. The van der Waals surface area contributed by atoms with Gasteiger partial charge in [0.1, 0.15) is 0 Å². The summed E-state index contributed by atoms with van der Waals surface area (Å²) in [5, 5.41) is 13.1. The number of hydrogen-bond acceptors (Lipinski definition) is 2. The molecule has 2 N–H and O–H groups in total. The Morgan fingerprint density at radius 1 is 1.05 bits per heavy atom. The van der Waals surface area contributed by atoms with Gasteiger partial charge >= 0.3 is 5.97 Å². The third kappa shape index (κ3) is 4.96. The average molecular weight is 326 g/mol. The second-order valence-corrected chi connectivity index (χ2v) is 4.75. The summed E-state index contributed by atoms with van der Waals surface area (Å²) in [5.74, 6) is -0.944. The lowest BCUT2D eigenvalue weighted by atomic mass is 10.2. The highest BCUT2D eigenvalue weighted by atomic mass is 35.5. The highest BCUT2D eigenvalue weighted by Crippen LogP contribution is 2.25. The Morgan fingerprint density at radius 3 is 2.05 bits per heavy atom. The van der Waals surface area contributed by atoms with E-state index in [4.69, 9.17) is 28.3 Å². The molecule has 0 amide bonds. The molecule has 0 aliphatic heterocycles. The minimum Gasteiger partial charge on any atom is -0.478 e. The third-order valence-electron chi connectivity index (χ3n) is 2.66. The molecule has 0 saturated carbocycles. The molecule has 0 aromatic heterocycles. The molecule has 2 aromatic rings. The van der Waals surface area contributed by atoms with Gasteiger partial charge in [0.2, 0.25) is 0 Å². The Hall–Kier alpha value is -1.71. The summed E-state index contributed by atoms with van der Waals surface area (Å²) in [6, 6.07) is 11.8. The van der Waals surface area contributed by atoms with Crippen LogP contribution in [0.4, 0.5) is 5.69 Å². The van der Waals surface area contributed by atoms with Gasteiger partial charge in [-0.15, -0.1) is 0 Å². The van der Waals surface area contributed by atoms with Crippen molar-refractivity contribution in [1.82, 2.24) is 0 Å². The van der Waals surface area contributed by atoms with E-state index in [9.17, 15) is 4.79 Å². The Kier molecular flexibility index (Phi) is 7.06. The van der Waals surface area contributed by atoms with Crippen LogP contribution in [0.5, 0.6) is 0 Å². The summed E-state index contributed by atoms with van der Waals surface area (Å²) in [4.78, 5) is 10.7. The van der Waals surface area contributed by atoms with Crippen molar-refractivity contribution in [3.63, 3.8) is 0 Å². The number of halogens is 2. The maximum atomic E-state index is 10.7. The first-order valence-electron chi connectivity index (χ1n) is 6.58. The topological polar surface area (TPSA) is 49.3 Å². The highest BCUT2D eigenvalue weighted by molar-refractivity contribution is 6.36. The first-order valence-corrected chi connectivity index (χ1v) is 7.33. The van der Waals surface area contributed by atoms with Crippen LogP contribution in [0.25, 0.3) is 0 Å². The van der Waals surface area contributed by atoms with Crippen LogP contribution in [-0.2, 0) is 6.54 Å². The largest absolute Gasteiger partial charge is 0.478 e. The number of rotatable bonds is 4. The zero-order chi connectivity index (χ0) is 15.8. The van der Waals surface area contributed by atoms with Crippen LogP contribution in [-0.4, -0.2) is 11.1 Å². The van der Waals surface area contributed by atoms with Gasteiger partial charge in [0, 0.05) is 27.8 Å². The van der Waals surface area contributed by atoms with Crippen LogP contribution in [0, 0.1) is 0 Å². The summed E-state index contributed by atoms with van der Waals surface area (Å²) in [7, 11) is 0. The molecule has 0 unspecified atom stereocenters. The summed E-state index contributed by atoms with van der Waals surface area (Å²) < 4.78 is 0. The Balaban J connectivity index is 0.00000106. The van der Waals surface area contributed by atoms with E-state index in [2.05, 4.69) is 5.32 Å². The van der Waals surface area contributed by atoms with Gasteiger partial charge in [-0.2, -0.15) is 0 Å². The third-order valence-corrected chi connectivity index (χ3v) is 3.37. The van der Waals surface area contributed by atoms with E-state index >= 15 is 0 Å². The van der Waals surface area contributed by atoms with Crippen molar-refractivity contribution in [3.05, 3.63) is 63.6 Å². The molecule has 2 rings (SSSR count). The maximum Gasteiger partial charge on any atom is 0.335 e. The quantitative estimate of drug-likeness (QED) is 0.798. The molecule has 0 saturated heterocycles. The van der Waals surface area contributed by atoms with E-state index in [1.807, 2.05) is 13.8 Å². The van der Waals surface area contributed by atoms with Crippen LogP contribution in [0.15, 0.2) is 42.5 Å². The van der Waals surface area contributed by atoms with Gasteiger partial charge in [0.05, 0.1) is 5.56 Å². The molecule has 0 aliphatic carbocycles. The van der Waals surface area contributed by atoms with Crippen molar-refractivity contribution in [3.8, 4) is 0 Å². The second-order valence-electron chi connectivity index (χ2n) is 3.94. The van der Waals surface area contributed by atoms with Crippen molar-refractivity contribution in [2.24, 2.45) is 0 Å². The zero-order valence-electron chi connectivity index (χ0n) is 11.9. The van der Waals surface area contributed by atoms with Crippen LogP contribution in [0.3, 0.4) is 0 Å². The number of aromatic carboxylic acids is 1. The number of nitrogens with one attached hydrogen (secondary N) is 1. The second kappa shape index (κ2) is 8.55. The number of carbonyl (C=O) groups is 1. The van der Waals surface area contributed by atoms with Crippen molar-refractivity contribution in [2.45, 2.75) is 20.4 Å². The Morgan fingerprint density at radius 2 is 1.57 bits per heavy atom. The lowest BCUT2D eigenvalue weighted by molar-refractivity contribution is 0.0697.